The molecule has 4 aromatic carbocycles. The van der Waals surface area contributed by atoms with Gasteiger partial charge in [0.1, 0.15) is 12.6 Å². The number of aryl methyl sites for hydroxylation is 1. The summed E-state index contributed by atoms with van der Waals surface area (Å²) in [5.74, 6) is -0.787. The zero-order valence-electron chi connectivity index (χ0n) is 25.5. The molecule has 0 aromatic heterocycles. The minimum absolute atomic E-state index is 0.0367. The van der Waals surface area contributed by atoms with Crippen molar-refractivity contribution in [1.82, 2.24) is 10.2 Å². The van der Waals surface area contributed by atoms with Gasteiger partial charge in [0.25, 0.3) is 10.0 Å². The zero-order chi connectivity index (χ0) is 32.6. The first-order valence-corrected chi connectivity index (χ1v) is 16.9. The highest BCUT2D eigenvalue weighted by Gasteiger charge is 2.35. The normalized spacial score (nSPS) is 12.0. The lowest BCUT2D eigenvalue weighted by Crippen LogP contribution is -2.53. The van der Waals surface area contributed by atoms with Gasteiger partial charge >= 0.3 is 0 Å². The molecule has 4 rings (SSSR count). The lowest BCUT2D eigenvalue weighted by atomic mass is 10.0. The van der Waals surface area contributed by atoms with Gasteiger partial charge in [0.05, 0.1) is 10.6 Å². The van der Waals surface area contributed by atoms with Gasteiger partial charge in [-0.1, -0.05) is 109 Å². The summed E-state index contributed by atoms with van der Waals surface area (Å²) in [4.78, 5) is 29.8. The highest BCUT2D eigenvalue weighted by Crippen LogP contribution is 2.29. The third-order valence-corrected chi connectivity index (χ3v) is 9.77. The van der Waals surface area contributed by atoms with Crippen LogP contribution in [-0.4, -0.2) is 44.3 Å². The van der Waals surface area contributed by atoms with Crippen LogP contribution in [0.25, 0.3) is 0 Å². The smallest absolute Gasteiger partial charge is 0.264 e. The summed E-state index contributed by atoms with van der Waals surface area (Å²) in [5, 5.41) is 3.62. The summed E-state index contributed by atoms with van der Waals surface area (Å²) in [6, 6.07) is 28.2. The number of carbonyl (C=O) groups excluding carboxylic acids is 2. The average molecular weight is 667 g/mol. The van der Waals surface area contributed by atoms with E-state index in [0.717, 1.165) is 15.4 Å². The van der Waals surface area contributed by atoms with Crippen LogP contribution in [0.4, 0.5) is 5.69 Å². The van der Waals surface area contributed by atoms with E-state index >= 15 is 0 Å². The highest BCUT2D eigenvalue weighted by molar-refractivity contribution is 7.92. The molecule has 0 spiro atoms. The summed E-state index contributed by atoms with van der Waals surface area (Å²) >= 11 is 13.1. The van der Waals surface area contributed by atoms with E-state index in [1.165, 1.54) is 17.0 Å². The van der Waals surface area contributed by atoms with Gasteiger partial charge in [0.2, 0.25) is 11.8 Å². The molecule has 0 aliphatic carbocycles. The van der Waals surface area contributed by atoms with Crippen molar-refractivity contribution in [3.05, 3.63) is 130 Å². The zero-order valence-corrected chi connectivity index (χ0v) is 27.8. The monoisotopic (exact) mass is 665 g/mol. The van der Waals surface area contributed by atoms with Crippen LogP contribution >= 0.6 is 23.2 Å². The molecule has 45 heavy (non-hydrogen) atoms. The Kier molecular flexibility index (Phi) is 11.7. The van der Waals surface area contributed by atoms with Crippen molar-refractivity contribution in [3.8, 4) is 0 Å². The van der Waals surface area contributed by atoms with Crippen LogP contribution in [0.3, 0.4) is 0 Å². The van der Waals surface area contributed by atoms with Gasteiger partial charge in [-0.15, -0.1) is 0 Å². The minimum Gasteiger partial charge on any atom is -0.354 e. The van der Waals surface area contributed by atoms with Crippen molar-refractivity contribution >= 4 is 50.7 Å². The molecule has 0 aliphatic rings. The summed E-state index contributed by atoms with van der Waals surface area (Å²) < 4.78 is 29.2. The number of anilines is 1. The van der Waals surface area contributed by atoms with E-state index < -0.39 is 28.5 Å². The van der Waals surface area contributed by atoms with Crippen LogP contribution in [0.1, 0.15) is 30.5 Å². The molecule has 236 valence electrons. The van der Waals surface area contributed by atoms with E-state index in [4.69, 9.17) is 23.2 Å². The van der Waals surface area contributed by atoms with Gasteiger partial charge in [-0.3, -0.25) is 13.9 Å². The maximum absolute atomic E-state index is 14.5. The molecule has 0 radical (unpaired) electrons. The lowest BCUT2D eigenvalue weighted by molar-refractivity contribution is -0.140. The minimum atomic E-state index is -4.18. The molecule has 0 heterocycles. The largest absolute Gasteiger partial charge is 0.354 e. The Labute approximate surface area is 275 Å². The van der Waals surface area contributed by atoms with Crippen molar-refractivity contribution in [2.75, 3.05) is 17.4 Å². The van der Waals surface area contributed by atoms with Crippen LogP contribution in [0.2, 0.25) is 10.0 Å². The first-order valence-electron chi connectivity index (χ1n) is 14.7. The fourth-order valence-corrected chi connectivity index (χ4v) is 6.74. The molecule has 4 aromatic rings. The third-order valence-electron chi connectivity index (χ3n) is 7.28. The number of halogens is 2. The molecule has 10 heteroatoms. The molecule has 0 bridgehead atoms. The Morgan fingerprint density at radius 1 is 0.800 bits per heavy atom. The Bertz CT molecular complexity index is 1680. The van der Waals surface area contributed by atoms with Crippen LogP contribution in [0, 0.1) is 12.8 Å². The van der Waals surface area contributed by atoms with Crippen LogP contribution in [0.15, 0.2) is 108 Å². The van der Waals surface area contributed by atoms with E-state index in [1.54, 1.807) is 60.7 Å². The molecule has 0 fully saturated rings. The fraction of sp³-hybridized carbons (Fsp3) is 0.257. The number of hydrogen-bond acceptors (Lipinski definition) is 4. The van der Waals surface area contributed by atoms with E-state index in [2.05, 4.69) is 5.32 Å². The standard InChI is InChI=1S/C35H37Cl2N3O4S/c1-25(2)22-38-35(42)33(21-27-11-6-4-7-12-27)39(23-30-31(36)15-10-16-32(30)37)34(41)24-40(28-19-17-26(3)18-20-28)45(43,44)29-13-8-5-9-14-29/h4-20,25,33H,21-24H2,1-3H3,(H,38,42)/t33-/m1/s1. The van der Waals surface area contributed by atoms with Gasteiger partial charge in [0, 0.05) is 35.1 Å². The van der Waals surface area contributed by atoms with Gasteiger partial charge in [-0.2, -0.15) is 0 Å². The molecule has 0 unspecified atom stereocenters. The lowest BCUT2D eigenvalue weighted by Gasteiger charge is -2.34. The number of benzene rings is 4. The predicted molar refractivity (Wildman–Crippen MR) is 181 cm³/mol. The van der Waals surface area contributed by atoms with E-state index in [1.807, 2.05) is 51.1 Å². The molecule has 7 nitrogen and oxygen atoms in total. The summed E-state index contributed by atoms with van der Waals surface area (Å²) in [7, 11) is -4.18. The van der Waals surface area contributed by atoms with E-state index in [0.29, 0.717) is 27.8 Å². The number of hydrogen-bond donors (Lipinski definition) is 1. The Morgan fingerprint density at radius 2 is 1.38 bits per heavy atom. The molecule has 0 saturated heterocycles. The highest BCUT2D eigenvalue weighted by atomic mass is 35.5. The summed E-state index contributed by atoms with van der Waals surface area (Å²) in [5.41, 5.74) is 2.54. The third kappa shape index (κ3) is 8.87. The first kappa shape index (κ1) is 34.0. The Balaban J connectivity index is 1.82. The van der Waals surface area contributed by atoms with Crippen molar-refractivity contribution < 1.29 is 18.0 Å². The van der Waals surface area contributed by atoms with E-state index in [-0.39, 0.29) is 29.7 Å². The molecular formula is C35H37Cl2N3O4S. The number of sulfonamides is 1. The van der Waals surface area contributed by atoms with E-state index in [9.17, 15) is 18.0 Å². The van der Waals surface area contributed by atoms with Crippen molar-refractivity contribution in [1.29, 1.82) is 0 Å². The van der Waals surface area contributed by atoms with Gasteiger partial charge in [-0.25, -0.2) is 8.42 Å². The van der Waals surface area contributed by atoms with Crippen molar-refractivity contribution in [2.45, 2.75) is 44.7 Å². The first-order chi connectivity index (χ1) is 21.5. The fourth-order valence-electron chi connectivity index (χ4n) is 4.79. The number of amides is 2. The number of nitrogens with zero attached hydrogens (tertiary/aromatic N) is 2. The van der Waals surface area contributed by atoms with Crippen LogP contribution < -0.4 is 9.62 Å². The second kappa shape index (κ2) is 15.4. The van der Waals surface area contributed by atoms with Gasteiger partial charge < -0.3 is 10.2 Å². The molecule has 0 aliphatic heterocycles. The quantitative estimate of drug-likeness (QED) is 0.168. The second-order valence-corrected chi connectivity index (χ2v) is 13.9. The van der Waals surface area contributed by atoms with Crippen LogP contribution in [0.5, 0.6) is 0 Å². The predicted octanol–water partition coefficient (Wildman–Crippen LogP) is 6.91. The Hall–Kier alpha value is -3.85. The number of nitrogens with one attached hydrogen (secondary N) is 1. The molecule has 1 N–H and O–H groups in total. The molecule has 1 atom stereocenters. The summed E-state index contributed by atoms with van der Waals surface area (Å²) in [6.45, 7) is 5.57. The van der Waals surface area contributed by atoms with Crippen molar-refractivity contribution in [3.63, 3.8) is 0 Å². The molecule has 2 amide bonds. The summed E-state index contributed by atoms with van der Waals surface area (Å²) in [6.07, 6.45) is 0.189. The maximum Gasteiger partial charge on any atom is 0.264 e. The van der Waals surface area contributed by atoms with Gasteiger partial charge in [-0.05, 0) is 54.8 Å². The average Bonchev–Trinajstić information content (AvgIpc) is 3.03. The second-order valence-electron chi connectivity index (χ2n) is 11.2. The Morgan fingerprint density at radius 3 is 1.96 bits per heavy atom. The SMILES string of the molecule is Cc1ccc(N(CC(=O)N(Cc2c(Cl)cccc2Cl)[C@H](Cc2ccccc2)C(=O)NCC(C)C)S(=O)(=O)c2ccccc2)cc1. The van der Waals surface area contributed by atoms with Gasteiger partial charge in [0.15, 0.2) is 0 Å². The number of rotatable bonds is 13. The number of carbonyl (C=O) groups is 2. The molecular weight excluding hydrogens is 629 g/mol. The topological polar surface area (TPSA) is 86.8 Å². The maximum atomic E-state index is 14.5. The van der Waals surface area contributed by atoms with Crippen LogP contribution in [-0.2, 0) is 32.6 Å². The molecule has 0 saturated carbocycles. The van der Waals surface area contributed by atoms with Crippen molar-refractivity contribution in [2.24, 2.45) is 5.92 Å².